The number of carbonyl (C=O) groups excluding carboxylic acids is 1. The maximum absolute atomic E-state index is 11.6. The summed E-state index contributed by atoms with van der Waals surface area (Å²) < 4.78 is 0. The molecule has 0 spiro atoms. The molecule has 98 valence electrons. The zero-order valence-electron chi connectivity index (χ0n) is 11.1. The first-order valence-electron chi connectivity index (χ1n) is 6.46. The van der Waals surface area contributed by atoms with Crippen LogP contribution in [0.4, 0.5) is 11.4 Å². The van der Waals surface area contributed by atoms with Gasteiger partial charge in [0.1, 0.15) is 0 Å². The lowest BCUT2D eigenvalue weighted by Gasteiger charge is -2.10. The molecule has 2 aromatic carbocycles. The molecule has 0 atom stereocenters. The van der Waals surface area contributed by atoms with E-state index in [1.54, 1.807) is 13.1 Å². The Balaban J connectivity index is 1.99. The fraction of sp³-hybridized carbons (Fsp3) is 0.0588. The fourth-order valence-electron chi connectivity index (χ4n) is 2.21. The second-order valence-corrected chi connectivity index (χ2v) is 4.64. The number of hydrogen-bond donors (Lipinski definition) is 1. The van der Waals surface area contributed by atoms with E-state index in [0.717, 1.165) is 22.3 Å². The number of ketones is 1. The Bertz CT molecular complexity index is 781. The number of carbonyl (C=O) groups is 1. The highest BCUT2D eigenvalue weighted by Gasteiger charge is 2.06. The number of pyridine rings is 1. The van der Waals surface area contributed by atoms with E-state index < -0.39 is 0 Å². The third-order valence-electron chi connectivity index (χ3n) is 3.19. The molecule has 0 unspecified atom stereocenters. The van der Waals surface area contributed by atoms with Crippen molar-refractivity contribution < 1.29 is 4.79 Å². The van der Waals surface area contributed by atoms with Crippen molar-refractivity contribution in [2.75, 3.05) is 5.32 Å². The number of hydrogen-bond acceptors (Lipinski definition) is 3. The molecule has 0 aliphatic carbocycles. The molecule has 20 heavy (non-hydrogen) atoms. The predicted octanol–water partition coefficient (Wildman–Crippen LogP) is 4.18. The number of nitrogens with one attached hydrogen (secondary N) is 1. The molecule has 0 fully saturated rings. The van der Waals surface area contributed by atoms with E-state index in [0.29, 0.717) is 5.56 Å². The van der Waals surface area contributed by atoms with Crippen LogP contribution in [-0.4, -0.2) is 10.8 Å². The first kappa shape index (κ1) is 12.4. The Morgan fingerprint density at radius 2 is 1.90 bits per heavy atom. The molecule has 3 nitrogen and oxygen atoms in total. The van der Waals surface area contributed by atoms with Crippen molar-refractivity contribution in [3.8, 4) is 0 Å². The molecule has 0 aliphatic heterocycles. The second kappa shape index (κ2) is 5.13. The molecular weight excluding hydrogens is 248 g/mol. The van der Waals surface area contributed by atoms with E-state index in [2.05, 4.69) is 10.3 Å². The van der Waals surface area contributed by atoms with Gasteiger partial charge in [-0.25, -0.2) is 0 Å². The van der Waals surface area contributed by atoms with E-state index in [-0.39, 0.29) is 5.78 Å². The van der Waals surface area contributed by atoms with Crippen molar-refractivity contribution in [1.29, 1.82) is 0 Å². The van der Waals surface area contributed by atoms with Crippen LogP contribution in [0.5, 0.6) is 0 Å². The molecule has 0 aliphatic rings. The Morgan fingerprint density at radius 3 is 2.75 bits per heavy atom. The van der Waals surface area contributed by atoms with E-state index in [9.17, 15) is 4.79 Å². The standard InChI is InChI=1S/C17H14N2O/c1-12(20)15-6-2-3-7-17(15)19-14-8-9-16-13(11-14)5-4-10-18-16/h2-11,19H,1H3. The van der Waals surface area contributed by atoms with Crippen LogP contribution in [0.3, 0.4) is 0 Å². The van der Waals surface area contributed by atoms with Crippen molar-refractivity contribution >= 4 is 28.1 Å². The lowest BCUT2D eigenvalue weighted by atomic mass is 10.1. The van der Waals surface area contributed by atoms with Gasteiger partial charge in [-0.3, -0.25) is 9.78 Å². The van der Waals surface area contributed by atoms with Gasteiger partial charge in [0.2, 0.25) is 0 Å². The highest BCUT2D eigenvalue weighted by Crippen LogP contribution is 2.23. The summed E-state index contributed by atoms with van der Waals surface area (Å²) in [7, 11) is 0. The van der Waals surface area contributed by atoms with Gasteiger partial charge in [-0.2, -0.15) is 0 Å². The molecule has 0 bridgehead atoms. The van der Waals surface area contributed by atoms with E-state index in [1.165, 1.54) is 0 Å². The van der Waals surface area contributed by atoms with E-state index in [1.807, 2.05) is 54.6 Å². The summed E-state index contributed by atoms with van der Waals surface area (Å²) in [5.74, 6) is 0.0514. The van der Waals surface area contributed by atoms with Gasteiger partial charge in [0.05, 0.1) is 5.52 Å². The summed E-state index contributed by atoms with van der Waals surface area (Å²) in [6, 6.07) is 17.4. The zero-order valence-corrected chi connectivity index (χ0v) is 11.1. The number of fused-ring (bicyclic) bond motifs is 1. The van der Waals surface area contributed by atoms with Crippen molar-refractivity contribution in [2.45, 2.75) is 6.92 Å². The minimum atomic E-state index is 0.0514. The Morgan fingerprint density at radius 1 is 1.05 bits per heavy atom. The largest absolute Gasteiger partial charge is 0.355 e. The van der Waals surface area contributed by atoms with Crippen LogP contribution in [-0.2, 0) is 0 Å². The quantitative estimate of drug-likeness (QED) is 0.720. The van der Waals surface area contributed by atoms with Crippen molar-refractivity contribution in [1.82, 2.24) is 4.98 Å². The first-order valence-corrected chi connectivity index (χ1v) is 6.46. The zero-order chi connectivity index (χ0) is 13.9. The van der Waals surface area contributed by atoms with Gasteiger partial charge >= 0.3 is 0 Å². The molecule has 3 heteroatoms. The van der Waals surface area contributed by atoms with Crippen molar-refractivity contribution in [2.24, 2.45) is 0 Å². The molecular formula is C17H14N2O. The minimum absolute atomic E-state index is 0.0514. The molecule has 0 saturated heterocycles. The summed E-state index contributed by atoms with van der Waals surface area (Å²) in [6.45, 7) is 1.57. The summed E-state index contributed by atoms with van der Waals surface area (Å²) >= 11 is 0. The topological polar surface area (TPSA) is 42.0 Å². The highest BCUT2D eigenvalue weighted by atomic mass is 16.1. The van der Waals surface area contributed by atoms with Crippen LogP contribution < -0.4 is 5.32 Å². The van der Waals surface area contributed by atoms with Crippen molar-refractivity contribution in [3.63, 3.8) is 0 Å². The van der Waals surface area contributed by atoms with Gasteiger partial charge < -0.3 is 5.32 Å². The smallest absolute Gasteiger partial charge is 0.161 e. The fourth-order valence-corrected chi connectivity index (χ4v) is 2.21. The number of benzene rings is 2. The first-order chi connectivity index (χ1) is 9.74. The molecule has 0 radical (unpaired) electrons. The number of Topliss-reactive ketones (excluding diaryl/α,β-unsaturated/α-hetero) is 1. The summed E-state index contributed by atoms with van der Waals surface area (Å²) in [4.78, 5) is 15.9. The predicted molar refractivity (Wildman–Crippen MR) is 81.5 cm³/mol. The number of aromatic nitrogens is 1. The Labute approximate surface area is 117 Å². The van der Waals surface area contributed by atoms with Gasteiger partial charge in [0, 0.05) is 28.5 Å². The lowest BCUT2D eigenvalue weighted by Crippen LogP contribution is -1.99. The Kier molecular flexibility index (Phi) is 3.17. The molecule has 3 rings (SSSR count). The van der Waals surface area contributed by atoms with Crippen molar-refractivity contribution in [3.05, 3.63) is 66.4 Å². The number of para-hydroxylation sites is 1. The van der Waals surface area contributed by atoms with Gasteiger partial charge in [-0.15, -0.1) is 0 Å². The van der Waals surface area contributed by atoms with Crippen LogP contribution in [0.2, 0.25) is 0 Å². The van der Waals surface area contributed by atoms with Gasteiger partial charge in [-0.1, -0.05) is 18.2 Å². The van der Waals surface area contributed by atoms with Gasteiger partial charge in [-0.05, 0) is 43.3 Å². The maximum Gasteiger partial charge on any atom is 0.161 e. The third-order valence-corrected chi connectivity index (χ3v) is 3.19. The van der Waals surface area contributed by atoms with E-state index in [4.69, 9.17) is 0 Å². The number of rotatable bonds is 3. The summed E-state index contributed by atoms with van der Waals surface area (Å²) in [5.41, 5.74) is 3.42. The molecule has 1 aromatic heterocycles. The maximum atomic E-state index is 11.6. The molecule has 0 saturated carbocycles. The van der Waals surface area contributed by atoms with Crippen LogP contribution >= 0.6 is 0 Å². The van der Waals surface area contributed by atoms with Crippen LogP contribution in [0.15, 0.2) is 60.8 Å². The van der Waals surface area contributed by atoms with Gasteiger partial charge in [0.25, 0.3) is 0 Å². The highest BCUT2D eigenvalue weighted by molar-refractivity contribution is 6.00. The number of anilines is 2. The molecule has 3 aromatic rings. The number of nitrogens with zero attached hydrogens (tertiary/aromatic N) is 1. The second-order valence-electron chi connectivity index (χ2n) is 4.64. The van der Waals surface area contributed by atoms with Crippen LogP contribution in [0.25, 0.3) is 10.9 Å². The van der Waals surface area contributed by atoms with Crippen LogP contribution in [0.1, 0.15) is 17.3 Å². The van der Waals surface area contributed by atoms with Crippen LogP contribution in [0, 0.1) is 0 Å². The Hall–Kier alpha value is -2.68. The summed E-state index contributed by atoms with van der Waals surface area (Å²) in [5, 5.41) is 4.36. The average Bonchev–Trinajstić information content (AvgIpc) is 2.47. The van der Waals surface area contributed by atoms with E-state index >= 15 is 0 Å². The monoisotopic (exact) mass is 262 g/mol. The third kappa shape index (κ3) is 2.38. The molecule has 0 amide bonds. The average molecular weight is 262 g/mol. The SMILES string of the molecule is CC(=O)c1ccccc1Nc1ccc2ncccc2c1. The van der Waals surface area contributed by atoms with Gasteiger partial charge in [0.15, 0.2) is 5.78 Å². The normalized spacial score (nSPS) is 10.4. The lowest BCUT2D eigenvalue weighted by molar-refractivity contribution is 0.101. The molecule has 1 heterocycles. The molecule has 1 N–H and O–H groups in total. The minimum Gasteiger partial charge on any atom is -0.355 e. The summed E-state index contributed by atoms with van der Waals surface area (Å²) in [6.07, 6.45) is 1.78.